The molecule has 1 aromatic heterocycles. The van der Waals surface area contributed by atoms with Gasteiger partial charge in [0.15, 0.2) is 5.58 Å². The second-order valence-corrected chi connectivity index (χ2v) is 5.41. The summed E-state index contributed by atoms with van der Waals surface area (Å²) in [6, 6.07) is 11.7. The number of hydrogen-bond acceptors (Lipinski definition) is 7. The number of fused-ring (bicyclic) bond motifs is 1. The van der Waals surface area contributed by atoms with Gasteiger partial charge in [-0.25, -0.2) is 4.79 Å². The quantitative estimate of drug-likeness (QED) is 0.494. The highest BCUT2D eigenvalue weighted by atomic mass is 16.5. The van der Waals surface area contributed by atoms with Crippen molar-refractivity contribution < 1.29 is 28.3 Å². The number of rotatable bonds is 6. The number of hydrogen-bond donors (Lipinski definition) is 0. The molecule has 0 unspecified atom stereocenters. The zero-order valence-electron chi connectivity index (χ0n) is 14.4. The maximum Gasteiger partial charge on any atom is 0.338 e. The highest BCUT2D eigenvalue weighted by Crippen LogP contribution is 2.25. The van der Waals surface area contributed by atoms with E-state index in [1.807, 2.05) is 0 Å². The summed E-state index contributed by atoms with van der Waals surface area (Å²) < 4.78 is 20.9. The van der Waals surface area contributed by atoms with Crippen molar-refractivity contribution in [1.82, 2.24) is 5.16 Å². The lowest BCUT2D eigenvalue weighted by atomic mass is 10.2. The third-order valence-electron chi connectivity index (χ3n) is 3.52. The summed E-state index contributed by atoms with van der Waals surface area (Å²) in [5.41, 5.74) is 1.58. The molecule has 7 heteroatoms. The van der Waals surface area contributed by atoms with Crippen LogP contribution in [-0.2, 0) is 16.1 Å². The van der Waals surface area contributed by atoms with E-state index in [1.165, 1.54) is 6.92 Å². The second kappa shape index (κ2) is 7.69. The Balaban J connectivity index is 1.68. The Kier molecular flexibility index (Phi) is 5.17. The molecule has 7 nitrogen and oxygen atoms in total. The third-order valence-corrected chi connectivity index (χ3v) is 3.52. The largest absolute Gasteiger partial charge is 0.487 e. The Bertz CT molecular complexity index is 929. The monoisotopic (exact) mass is 355 g/mol. The van der Waals surface area contributed by atoms with Crippen LogP contribution in [-0.4, -0.2) is 23.7 Å². The van der Waals surface area contributed by atoms with E-state index in [9.17, 15) is 9.59 Å². The molecule has 0 bridgehead atoms. The SMILES string of the molecule is CCOC(=O)c1ccc(OCc2noc3cc(OC(C)=O)ccc23)cc1. The molecule has 0 aliphatic carbocycles. The molecule has 0 radical (unpaired) electrons. The molecule has 0 saturated carbocycles. The molecule has 3 aromatic rings. The van der Waals surface area contributed by atoms with Crippen LogP contribution in [0.3, 0.4) is 0 Å². The summed E-state index contributed by atoms with van der Waals surface area (Å²) in [6.07, 6.45) is 0. The summed E-state index contributed by atoms with van der Waals surface area (Å²) in [5, 5.41) is 4.75. The van der Waals surface area contributed by atoms with E-state index in [0.717, 1.165) is 5.39 Å². The van der Waals surface area contributed by atoms with Crippen LogP contribution in [0.2, 0.25) is 0 Å². The third kappa shape index (κ3) is 4.00. The molecule has 134 valence electrons. The molecular weight excluding hydrogens is 338 g/mol. The lowest BCUT2D eigenvalue weighted by Crippen LogP contribution is -2.04. The minimum absolute atomic E-state index is 0.193. The molecule has 1 heterocycles. The van der Waals surface area contributed by atoms with Crippen molar-refractivity contribution in [3.05, 3.63) is 53.7 Å². The summed E-state index contributed by atoms with van der Waals surface area (Å²) in [4.78, 5) is 22.6. The van der Waals surface area contributed by atoms with Gasteiger partial charge in [0.05, 0.1) is 12.2 Å². The Morgan fingerprint density at radius 3 is 2.50 bits per heavy atom. The normalized spacial score (nSPS) is 10.5. The van der Waals surface area contributed by atoms with Crippen molar-refractivity contribution in [3.63, 3.8) is 0 Å². The predicted molar refractivity (Wildman–Crippen MR) is 92.0 cm³/mol. The van der Waals surface area contributed by atoms with Crippen LogP contribution in [0, 0.1) is 0 Å². The fourth-order valence-corrected chi connectivity index (χ4v) is 2.36. The Morgan fingerprint density at radius 2 is 1.81 bits per heavy atom. The number of esters is 2. The fourth-order valence-electron chi connectivity index (χ4n) is 2.36. The van der Waals surface area contributed by atoms with Crippen LogP contribution in [0.4, 0.5) is 0 Å². The lowest BCUT2D eigenvalue weighted by molar-refractivity contribution is -0.131. The van der Waals surface area contributed by atoms with Crippen LogP contribution in [0.15, 0.2) is 47.0 Å². The maximum absolute atomic E-state index is 11.6. The van der Waals surface area contributed by atoms with Gasteiger partial charge in [0.2, 0.25) is 0 Å². The minimum atomic E-state index is -0.404. The number of carbonyl (C=O) groups is 2. The first-order chi connectivity index (χ1) is 12.6. The Labute approximate surface area is 149 Å². The number of ether oxygens (including phenoxy) is 3. The van der Waals surface area contributed by atoms with Crippen LogP contribution >= 0.6 is 0 Å². The minimum Gasteiger partial charge on any atom is -0.487 e. The molecule has 0 saturated heterocycles. The topological polar surface area (TPSA) is 87.9 Å². The van der Waals surface area contributed by atoms with Crippen molar-refractivity contribution >= 4 is 22.9 Å². The van der Waals surface area contributed by atoms with Gasteiger partial charge < -0.3 is 18.7 Å². The number of aromatic nitrogens is 1. The molecule has 3 rings (SSSR count). The van der Waals surface area contributed by atoms with E-state index in [0.29, 0.717) is 34.9 Å². The van der Waals surface area contributed by atoms with E-state index >= 15 is 0 Å². The van der Waals surface area contributed by atoms with E-state index in [-0.39, 0.29) is 12.6 Å². The van der Waals surface area contributed by atoms with Gasteiger partial charge in [-0.05, 0) is 43.3 Å². The van der Waals surface area contributed by atoms with Crippen LogP contribution in [0.5, 0.6) is 11.5 Å². The molecule has 26 heavy (non-hydrogen) atoms. The van der Waals surface area contributed by atoms with Gasteiger partial charge in [-0.2, -0.15) is 0 Å². The van der Waals surface area contributed by atoms with Gasteiger partial charge in [-0.15, -0.1) is 0 Å². The van der Waals surface area contributed by atoms with Crippen molar-refractivity contribution in [3.8, 4) is 11.5 Å². The van der Waals surface area contributed by atoms with Crippen molar-refractivity contribution in [2.45, 2.75) is 20.5 Å². The van der Waals surface area contributed by atoms with Gasteiger partial charge >= 0.3 is 11.9 Å². The molecule has 2 aromatic carbocycles. The number of benzene rings is 2. The molecular formula is C19H17NO6. The van der Waals surface area contributed by atoms with Gasteiger partial charge in [0, 0.05) is 18.4 Å². The molecule has 0 aliphatic rings. The van der Waals surface area contributed by atoms with Crippen LogP contribution in [0.1, 0.15) is 29.9 Å². The summed E-state index contributed by atoms with van der Waals surface area (Å²) >= 11 is 0. The molecule has 0 N–H and O–H groups in total. The molecule has 0 amide bonds. The molecule has 0 spiro atoms. The summed E-state index contributed by atoms with van der Waals surface area (Å²) in [5.74, 6) is 0.206. The zero-order chi connectivity index (χ0) is 18.5. The second-order valence-electron chi connectivity index (χ2n) is 5.41. The molecule has 0 fully saturated rings. The van der Waals surface area contributed by atoms with E-state index in [2.05, 4.69) is 5.16 Å². The summed E-state index contributed by atoms with van der Waals surface area (Å²) in [6.45, 7) is 3.61. The predicted octanol–water partition coefficient (Wildman–Crippen LogP) is 3.51. The highest BCUT2D eigenvalue weighted by molar-refractivity contribution is 5.89. The average Bonchev–Trinajstić information content (AvgIpc) is 3.02. The maximum atomic E-state index is 11.6. The first kappa shape index (κ1) is 17.5. The highest BCUT2D eigenvalue weighted by Gasteiger charge is 2.11. The van der Waals surface area contributed by atoms with Crippen LogP contribution in [0.25, 0.3) is 11.0 Å². The zero-order valence-corrected chi connectivity index (χ0v) is 14.4. The lowest BCUT2D eigenvalue weighted by Gasteiger charge is -2.06. The number of carbonyl (C=O) groups excluding carboxylic acids is 2. The van der Waals surface area contributed by atoms with Crippen LogP contribution < -0.4 is 9.47 Å². The van der Waals surface area contributed by atoms with Crippen molar-refractivity contribution in [2.24, 2.45) is 0 Å². The van der Waals surface area contributed by atoms with Gasteiger partial charge in [0.25, 0.3) is 0 Å². The van der Waals surface area contributed by atoms with Gasteiger partial charge in [-0.3, -0.25) is 4.79 Å². The van der Waals surface area contributed by atoms with Crippen molar-refractivity contribution in [1.29, 1.82) is 0 Å². The number of nitrogens with zero attached hydrogens (tertiary/aromatic N) is 1. The smallest absolute Gasteiger partial charge is 0.338 e. The molecule has 0 aliphatic heterocycles. The van der Waals surface area contributed by atoms with E-state index in [1.54, 1.807) is 49.4 Å². The van der Waals surface area contributed by atoms with E-state index < -0.39 is 5.97 Å². The summed E-state index contributed by atoms with van der Waals surface area (Å²) in [7, 11) is 0. The van der Waals surface area contributed by atoms with Gasteiger partial charge in [0.1, 0.15) is 23.8 Å². The fraction of sp³-hybridized carbons (Fsp3) is 0.211. The van der Waals surface area contributed by atoms with E-state index in [4.69, 9.17) is 18.7 Å². The Morgan fingerprint density at radius 1 is 1.08 bits per heavy atom. The van der Waals surface area contributed by atoms with Gasteiger partial charge in [-0.1, -0.05) is 5.16 Å². The molecule has 0 atom stereocenters. The van der Waals surface area contributed by atoms with Crippen molar-refractivity contribution in [2.75, 3.05) is 6.61 Å². The average molecular weight is 355 g/mol. The standard InChI is InChI=1S/C19H17NO6/c1-3-23-19(22)13-4-6-14(7-5-13)24-11-17-16-9-8-15(25-12(2)21)10-18(16)26-20-17/h4-10H,3,11H2,1-2H3. The first-order valence-electron chi connectivity index (χ1n) is 8.03. The Hall–Kier alpha value is -3.35. The first-order valence-corrected chi connectivity index (χ1v) is 8.03.